The molecule has 0 radical (unpaired) electrons. The van der Waals surface area contributed by atoms with Gasteiger partial charge in [0.25, 0.3) is 5.91 Å². The highest BCUT2D eigenvalue weighted by Gasteiger charge is 2.22. The van der Waals surface area contributed by atoms with E-state index in [4.69, 9.17) is 0 Å². The van der Waals surface area contributed by atoms with E-state index in [1.165, 1.54) is 12.1 Å². The number of benzene rings is 1. The number of amides is 1. The predicted molar refractivity (Wildman–Crippen MR) is 85.3 cm³/mol. The Kier molecular flexibility index (Phi) is 5.55. The summed E-state index contributed by atoms with van der Waals surface area (Å²) in [6.07, 6.45) is 0. The zero-order valence-corrected chi connectivity index (χ0v) is 13.9. The molecule has 1 N–H and O–H groups in total. The summed E-state index contributed by atoms with van der Waals surface area (Å²) in [5.41, 5.74) is 0.420. The number of hydrogen-bond acceptors (Lipinski definition) is 4. The Bertz CT molecular complexity index is 623. The van der Waals surface area contributed by atoms with Crippen LogP contribution >= 0.6 is 0 Å². The molecule has 122 valence electrons. The summed E-state index contributed by atoms with van der Waals surface area (Å²) in [7, 11) is -3.54. The first-order valence-electron chi connectivity index (χ1n) is 7.59. The van der Waals surface area contributed by atoms with Gasteiger partial charge in [0.1, 0.15) is 0 Å². The van der Waals surface area contributed by atoms with Crippen molar-refractivity contribution < 1.29 is 13.2 Å². The average molecular weight is 325 g/mol. The van der Waals surface area contributed by atoms with Gasteiger partial charge in [0.05, 0.1) is 4.90 Å². The Labute approximate surface area is 132 Å². The van der Waals surface area contributed by atoms with Gasteiger partial charge in [-0.3, -0.25) is 4.79 Å². The average Bonchev–Trinajstić information content (AvgIpc) is 2.54. The lowest BCUT2D eigenvalue weighted by atomic mass is 10.2. The standard InChI is InChI=1S/C15H23N3O3S/c1-3-16-22(20,21)14-7-5-6-13(12-14)15(19)18-10-8-17(4-2)9-11-18/h5-7,12,16H,3-4,8-11H2,1-2H3. The maximum absolute atomic E-state index is 12.5. The van der Waals surface area contributed by atoms with Crippen LogP contribution in [0.4, 0.5) is 0 Å². The largest absolute Gasteiger partial charge is 0.336 e. The summed E-state index contributed by atoms with van der Waals surface area (Å²) >= 11 is 0. The van der Waals surface area contributed by atoms with Crippen molar-refractivity contribution in [2.75, 3.05) is 39.3 Å². The molecule has 22 heavy (non-hydrogen) atoms. The Morgan fingerprint density at radius 3 is 2.45 bits per heavy atom. The van der Waals surface area contributed by atoms with E-state index < -0.39 is 10.0 Å². The molecule has 0 aliphatic carbocycles. The molecule has 0 aromatic heterocycles. The highest BCUT2D eigenvalue weighted by molar-refractivity contribution is 7.89. The van der Waals surface area contributed by atoms with Gasteiger partial charge in [-0.15, -0.1) is 0 Å². The fourth-order valence-corrected chi connectivity index (χ4v) is 3.61. The van der Waals surface area contributed by atoms with Crippen LogP contribution in [0.1, 0.15) is 24.2 Å². The van der Waals surface area contributed by atoms with Gasteiger partial charge in [-0.1, -0.05) is 19.9 Å². The van der Waals surface area contributed by atoms with Crippen molar-refractivity contribution >= 4 is 15.9 Å². The Hall–Kier alpha value is -1.44. The van der Waals surface area contributed by atoms with Gasteiger partial charge in [-0.05, 0) is 24.7 Å². The van der Waals surface area contributed by atoms with Gasteiger partial charge in [-0.2, -0.15) is 0 Å². The fraction of sp³-hybridized carbons (Fsp3) is 0.533. The highest BCUT2D eigenvalue weighted by Crippen LogP contribution is 2.14. The molecule has 0 atom stereocenters. The van der Waals surface area contributed by atoms with E-state index in [2.05, 4.69) is 16.5 Å². The minimum atomic E-state index is -3.54. The number of sulfonamides is 1. The van der Waals surface area contributed by atoms with Crippen LogP contribution in [0.15, 0.2) is 29.2 Å². The number of likely N-dealkylation sites (N-methyl/N-ethyl adjacent to an activating group) is 1. The summed E-state index contributed by atoms with van der Waals surface area (Å²) < 4.78 is 26.5. The van der Waals surface area contributed by atoms with Crippen molar-refractivity contribution in [3.8, 4) is 0 Å². The molecule has 1 aliphatic rings. The molecule has 0 saturated carbocycles. The Morgan fingerprint density at radius 2 is 1.86 bits per heavy atom. The third-order valence-corrected chi connectivity index (χ3v) is 5.38. The molecule has 1 amide bonds. The van der Waals surface area contributed by atoms with Gasteiger partial charge in [0, 0.05) is 38.3 Å². The van der Waals surface area contributed by atoms with E-state index in [0.717, 1.165) is 19.6 Å². The first-order valence-corrected chi connectivity index (χ1v) is 9.07. The Morgan fingerprint density at radius 1 is 1.18 bits per heavy atom. The van der Waals surface area contributed by atoms with Crippen molar-refractivity contribution in [2.45, 2.75) is 18.7 Å². The highest BCUT2D eigenvalue weighted by atomic mass is 32.2. The molecular weight excluding hydrogens is 302 g/mol. The number of carbonyl (C=O) groups excluding carboxylic acids is 1. The minimum absolute atomic E-state index is 0.107. The van der Waals surface area contributed by atoms with Gasteiger partial charge in [0.2, 0.25) is 10.0 Å². The Balaban J connectivity index is 2.14. The number of piperazine rings is 1. The summed E-state index contributed by atoms with van der Waals surface area (Å²) in [4.78, 5) is 16.7. The van der Waals surface area contributed by atoms with Gasteiger partial charge >= 0.3 is 0 Å². The van der Waals surface area contributed by atoms with Crippen LogP contribution in [0.5, 0.6) is 0 Å². The monoisotopic (exact) mass is 325 g/mol. The number of nitrogens with one attached hydrogen (secondary N) is 1. The summed E-state index contributed by atoms with van der Waals surface area (Å²) in [5, 5.41) is 0. The van der Waals surface area contributed by atoms with Crippen LogP contribution in [-0.4, -0.2) is 63.4 Å². The quantitative estimate of drug-likeness (QED) is 0.868. The molecule has 1 fully saturated rings. The van der Waals surface area contributed by atoms with Crippen LogP contribution in [-0.2, 0) is 10.0 Å². The molecule has 1 aromatic carbocycles. The molecule has 7 heteroatoms. The third kappa shape index (κ3) is 3.85. The normalized spacial score (nSPS) is 16.7. The van der Waals surface area contributed by atoms with E-state index in [1.807, 2.05) is 0 Å². The molecule has 2 rings (SSSR count). The molecule has 1 heterocycles. The fourth-order valence-electron chi connectivity index (χ4n) is 2.52. The van der Waals surface area contributed by atoms with E-state index in [0.29, 0.717) is 25.2 Å². The molecular formula is C15H23N3O3S. The van der Waals surface area contributed by atoms with E-state index in [-0.39, 0.29) is 10.8 Å². The van der Waals surface area contributed by atoms with E-state index >= 15 is 0 Å². The zero-order valence-electron chi connectivity index (χ0n) is 13.1. The lowest BCUT2D eigenvalue weighted by molar-refractivity contribution is 0.0643. The lowest BCUT2D eigenvalue weighted by Gasteiger charge is -2.34. The molecule has 1 aromatic rings. The molecule has 0 bridgehead atoms. The van der Waals surface area contributed by atoms with Crippen molar-refractivity contribution in [3.63, 3.8) is 0 Å². The topological polar surface area (TPSA) is 69.7 Å². The summed E-state index contributed by atoms with van der Waals surface area (Å²) in [6.45, 7) is 8.20. The minimum Gasteiger partial charge on any atom is -0.336 e. The molecule has 6 nitrogen and oxygen atoms in total. The zero-order chi connectivity index (χ0) is 16.2. The van der Waals surface area contributed by atoms with Crippen LogP contribution in [0.2, 0.25) is 0 Å². The number of rotatable bonds is 5. The second kappa shape index (κ2) is 7.21. The van der Waals surface area contributed by atoms with Crippen molar-refractivity contribution in [1.29, 1.82) is 0 Å². The third-order valence-electron chi connectivity index (χ3n) is 3.83. The SMILES string of the molecule is CCNS(=O)(=O)c1cccc(C(=O)N2CCN(CC)CC2)c1. The van der Waals surface area contributed by atoms with Crippen molar-refractivity contribution in [3.05, 3.63) is 29.8 Å². The second-order valence-electron chi connectivity index (χ2n) is 5.26. The molecule has 1 saturated heterocycles. The number of nitrogens with zero attached hydrogens (tertiary/aromatic N) is 2. The first kappa shape index (κ1) is 16.9. The van der Waals surface area contributed by atoms with Crippen LogP contribution in [0, 0.1) is 0 Å². The van der Waals surface area contributed by atoms with Gasteiger partial charge in [-0.25, -0.2) is 13.1 Å². The summed E-state index contributed by atoms with van der Waals surface area (Å²) in [5.74, 6) is -0.107. The number of carbonyl (C=O) groups is 1. The van der Waals surface area contributed by atoms with Crippen LogP contribution in [0.3, 0.4) is 0 Å². The van der Waals surface area contributed by atoms with E-state index in [9.17, 15) is 13.2 Å². The maximum Gasteiger partial charge on any atom is 0.253 e. The lowest BCUT2D eigenvalue weighted by Crippen LogP contribution is -2.48. The smallest absolute Gasteiger partial charge is 0.253 e. The second-order valence-corrected chi connectivity index (χ2v) is 7.02. The molecule has 1 aliphatic heterocycles. The molecule has 0 spiro atoms. The van der Waals surface area contributed by atoms with Gasteiger partial charge < -0.3 is 9.80 Å². The summed E-state index contributed by atoms with van der Waals surface area (Å²) in [6, 6.07) is 6.23. The molecule has 0 unspecified atom stereocenters. The first-order chi connectivity index (χ1) is 10.5. The van der Waals surface area contributed by atoms with Crippen LogP contribution in [0.25, 0.3) is 0 Å². The van der Waals surface area contributed by atoms with E-state index in [1.54, 1.807) is 24.0 Å². The maximum atomic E-state index is 12.5. The predicted octanol–water partition coefficient (Wildman–Crippen LogP) is 0.762. The van der Waals surface area contributed by atoms with Gasteiger partial charge in [0.15, 0.2) is 0 Å². The van der Waals surface area contributed by atoms with Crippen molar-refractivity contribution in [2.24, 2.45) is 0 Å². The van der Waals surface area contributed by atoms with Crippen LogP contribution < -0.4 is 4.72 Å². The number of hydrogen-bond donors (Lipinski definition) is 1. The van der Waals surface area contributed by atoms with Crippen molar-refractivity contribution in [1.82, 2.24) is 14.5 Å².